The van der Waals surface area contributed by atoms with E-state index in [2.05, 4.69) is 16.4 Å². The summed E-state index contributed by atoms with van der Waals surface area (Å²) < 4.78 is 1.19. The Bertz CT molecular complexity index is 586. The lowest BCUT2D eigenvalue weighted by molar-refractivity contribution is -0.131. The molecule has 3 rings (SSSR count). The minimum absolute atomic E-state index is 0.237. The van der Waals surface area contributed by atoms with Gasteiger partial charge in [-0.25, -0.2) is 4.98 Å². The molecule has 1 fully saturated rings. The van der Waals surface area contributed by atoms with Crippen LogP contribution in [0.2, 0.25) is 0 Å². The fraction of sp³-hybridized carbons (Fsp3) is 0.500. The van der Waals surface area contributed by atoms with Gasteiger partial charge in [0.1, 0.15) is 5.01 Å². The number of amides is 1. The first-order valence-corrected chi connectivity index (χ1v) is 8.33. The molecule has 0 bridgehead atoms. The number of nitrogens with zero attached hydrogens (tertiary/aromatic N) is 2. The maximum absolute atomic E-state index is 12.3. The number of hydrogen-bond acceptors (Lipinski definition) is 4. The van der Waals surface area contributed by atoms with Crippen molar-refractivity contribution in [3.8, 4) is 0 Å². The average molecular weight is 303 g/mol. The van der Waals surface area contributed by atoms with E-state index in [0.717, 1.165) is 36.5 Å². The van der Waals surface area contributed by atoms with Gasteiger partial charge in [0.2, 0.25) is 5.91 Å². The van der Waals surface area contributed by atoms with Crippen LogP contribution in [0, 0.1) is 5.92 Å². The molecule has 0 unspecified atom stereocenters. The summed E-state index contributed by atoms with van der Waals surface area (Å²) in [5.41, 5.74) is 1.02. The van der Waals surface area contributed by atoms with Gasteiger partial charge in [0.05, 0.1) is 16.8 Å². The van der Waals surface area contributed by atoms with E-state index in [0.29, 0.717) is 18.9 Å². The Hall–Kier alpha value is -1.46. The number of carbonyl (C=O) groups excluding carboxylic acids is 1. The lowest BCUT2D eigenvalue weighted by Gasteiger charge is -2.24. The summed E-state index contributed by atoms with van der Waals surface area (Å²) in [5.74, 6) is 0.776. The smallest absolute Gasteiger partial charge is 0.222 e. The second kappa shape index (κ2) is 6.54. The van der Waals surface area contributed by atoms with Crippen LogP contribution in [0.1, 0.15) is 24.3 Å². The second-order valence-corrected chi connectivity index (χ2v) is 6.84. The number of piperidine rings is 1. The van der Waals surface area contributed by atoms with E-state index in [1.807, 2.05) is 30.1 Å². The number of hydrogen-bond donors (Lipinski definition) is 1. The molecular formula is C16H21N3OS. The van der Waals surface area contributed by atoms with E-state index < -0.39 is 0 Å². The third kappa shape index (κ3) is 3.60. The largest absolute Gasteiger partial charge is 0.339 e. The van der Waals surface area contributed by atoms with Crippen LogP contribution < -0.4 is 5.32 Å². The van der Waals surface area contributed by atoms with Crippen LogP contribution in [0.15, 0.2) is 24.3 Å². The number of rotatable bonds is 4. The Morgan fingerprint density at radius 3 is 2.90 bits per heavy atom. The van der Waals surface area contributed by atoms with Gasteiger partial charge in [0.15, 0.2) is 0 Å². The van der Waals surface area contributed by atoms with Crippen molar-refractivity contribution in [3.63, 3.8) is 0 Å². The first-order chi connectivity index (χ1) is 10.2. The molecule has 2 heterocycles. The van der Waals surface area contributed by atoms with Crippen LogP contribution in [0.5, 0.6) is 0 Å². The molecule has 0 atom stereocenters. The van der Waals surface area contributed by atoms with E-state index in [-0.39, 0.29) is 5.91 Å². The first kappa shape index (κ1) is 14.5. The summed E-state index contributed by atoms with van der Waals surface area (Å²) in [6.07, 6.45) is 2.89. The fourth-order valence-corrected chi connectivity index (χ4v) is 3.79. The van der Waals surface area contributed by atoms with Crippen LogP contribution in [0.25, 0.3) is 10.2 Å². The first-order valence-electron chi connectivity index (χ1n) is 7.51. The molecule has 0 aliphatic carbocycles. The van der Waals surface area contributed by atoms with Gasteiger partial charge in [-0.2, -0.15) is 0 Å². The molecule has 1 N–H and O–H groups in total. The number of para-hydroxylation sites is 1. The highest BCUT2D eigenvalue weighted by Crippen LogP contribution is 2.23. The highest BCUT2D eigenvalue weighted by atomic mass is 32.1. The lowest BCUT2D eigenvalue weighted by Crippen LogP contribution is -2.33. The second-order valence-electron chi connectivity index (χ2n) is 5.72. The molecule has 1 saturated heterocycles. The van der Waals surface area contributed by atoms with Crippen molar-refractivity contribution in [3.05, 3.63) is 29.3 Å². The molecule has 5 heteroatoms. The Morgan fingerprint density at radius 2 is 2.14 bits per heavy atom. The highest BCUT2D eigenvalue weighted by molar-refractivity contribution is 7.18. The zero-order valence-electron chi connectivity index (χ0n) is 12.3. The Labute approximate surface area is 129 Å². The molecule has 1 aromatic carbocycles. The molecular weight excluding hydrogens is 282 g/mol. The zero-order valence-corrected chi connectivity index (χ0v) is 13.2. The molecule has 1 aliphatic heterocycles. The highest BCUT2D eigenvalue weighted by Gasteiger charge is 2.19. The maximum atomic E-state index is 12.3. The maximum Gasteiger partial charge on any atom is 0.222 e. The van der Waals surface area contributed by atoms with Gasteiger partial charge < -0.3 is 10.2 Å². The summed E-state index contributed by atoms with van der Waals surface area (Å²) in [7, 11) is 1.88. The molecule has 1 aromatic heterocycles. The number of fused-ring (bicyclic) bond motifs is 1. The third-order valence-electron chi connectivity index (χ3n) is 4.06. The van der Waals surface area contributed by atoms with Gasteiger partial charge in [0.25, 0.3) is 0 Å². The van der Waals surface area contributed by atoms with E-state index in [1.165, 1.54) is 4.70 Å². The summed E-state index contributed by atoms with van der Waals surface area (Å²) in [5, 5.41) is 4.35. The molecule has 2 aromatic rings. The SMILES string of the molecule is CN(Cc1nc2ccccc2s1)C(=O)CC1CCNCC1. The molecule has 0 spiro atoms. The van der Waals surface area contributed by atoms with Crippen molar-refractivity contribution >= 4 is 27.5 Å². The zero-order chi connectivity index (χ0) is 14.7. The van der Waals surface area contributed by atoms with Crippen molar-refractivity contribution in [2.45, 2.75) is 25.8 Å². The van der Waals surface area contributed by atoms with Crippen LogP contribution in [0.3, 0.4) is 0 Å². The van der Waals surface area contributed by atoms with Gasteiger partial charge in [-0.05, 0) is 44.0 Å². The van der Waals surface area contributed by atoms with Crippen molar-refractivity contribution < 1.29 is 4.79 Å². The monoisotopic (exact) mass is 303 g/mol. The molecule has 0 saturated carbocycles. The van der Waals surface area contributed by atoms with E-state index >= 15 is 0 Å². The standard InChI is InChI=1S/C16H21N3OS/c1-19(16(20)10-12-6-8-17-9-7-12)11-15-18-13-4-2-3-5-14(13)21-15/h2-5,12,17H,6-11H2,1H3. The van der Waals surface area contributed by atoms with Gasteiger partial charge in [-0.15, -0.1) is 11.3 Å². The van der Waals surface area contributed by atoms with Crippen molar-refractivity contribution in [2.75, 3.05) is 20.1 Å². The molecule has 0 radical (unpaired) electrons. The van der Waals surface area contributed by atoms with Crippen LogP contribution >= 0.6 is 11.3 Å². The normalized spacial score (nSPS) is 16.2. The molecule has 112 valence electrons. The van der Waals surface area contributed by atoms with Gasteiger partial charge in [0, 0.05) is 13.5 Å². The molecule has 4 nitrogen and oxygen atoms in total. The van der Waals surface area contributed by atoms with E-state index in [1.54, 1.807) is 11.3 Å². The fourth-order valence-electron chi connectivity index (χ4n) is 2.77. The predicted molar refractivity (Wildman–Crippen MR) is 86.3 cm³/mol. The Morgan fingerprint density at radius 1 is 1.38 bits per heavy atom. The minimum Gasteiger partial charge on any atom is -0.339 e. The Balaban J connectivity index is 1.59. The number of carbonyl (C=O) groups is 1. The summed E-state index contributed by atoms with van der Waals surface area (Å²) in [4.78, 5) is 18.7. The predicted octanol–water partition coefficient (Wildman–Crippen LogP) is 2.64. The van der Waals surface area contributed by atoms with Gasteiger partial charge >= 0.3 is 0 Å². The number of benzene rings is 1. The van der Waals surface area contributed by atoms with E-state index in [9.17, 15) is 4.79 Å². The number of aromatic nitrogens is 1. The van der Waals surface area contributed by atoms with Gasteiger partial charge in [-0.3, -0.25) is 4.79 Å². The molecule has 1 amide bonds. The number of thiazole rings is 1. The summed E-state index contributed by atoms with van der Waals surface area (Å²) >= 11 is 1.67. The Kier molecular flexibility index (Phi) is 4.51. The molecule has 21 heavy (non-hydrogen) atoms. The lowest BCUT2D eigenvalue weighted by atomic mass is 9.94. The van der Waals surface area contributed by atoms with Gasteiger partial charge in [-0.1, -0.05) is 12.1 Å². The summed E-state index contributed by atoms with van der Waals surface area (Å²) in [6, 6.07) is 8.12. The number of nitrogens with one attached hydrogen (secondary N) is 1. The average Bonchev–Trinajstić information content (AvgIpc) is 2.90. The summed E-state index contributed by atoms with van der Waals surface area (Å²) in [6.45, 7) is 2.70. The van der Waals surface area contributed by atoms with Crippen molar-refractivity contribution in [1.82, 2.24) is 15.2 Å². The van der Waals surface area contributed by atoms with Crippen LogP contribution in [-0.4, -0.2) is 35.9 Å². The quantitative estimate of drug-likeness (QED) is 0.944. The van der Waals surface area contributed by atoms with Crippen LogP contribution in [-0.2, 0) is 11.3 Å². The van der Waals surface area contributed by atoms with E-state index in [4.69, 9.17) is 0 Å². The topological polar surface area (TPSA) is 45.2 Å². The van der Waals surface area contributed by atoms with Crippen molar-refractivity contribution in [2.24, 2.45) is 5.92 Å². The third-order valence-corrected chi connectivity index (χ3v) is 5.08. The minimum atomic E-state index is 0.237. The van der Waals surface area contributed by atoms with Crippen LogP contribution in [0.4, 0.5) is 0 Å². The molecule has 1 aliphatic rings. The van der Waals surface area contributed by atoms with Crippen molar-refractivity contribution in [1.29, 1.82) is 0 Å².